The second-order valence-corrected chi connectivity index (χ2v) is 13.4. The van der Waals surface area contributed by atoms with Crippen LogP contribution in [0, 0.1) is 23.2 Å². The first kappa shape index (κ1) is 28.0. The molecule has 2 aromatic carbocycles. The Balaban J connectivity index is 1.14. The number of aromatic nitrogens is 5. The number of benzene rings is 2. The van der Waals surface area contributed by atoms with E-state index in [2.05, 4.69) is 44.5 Å². The van der Waals surface area contributed by atoms with E-state index in [-0.39, 0.29) is 18.0 Å². The van der Waals surface area contributed by atoms with Gasteiger partial charge in [0.1, 0.15) is 28.7 Å². The van der Waals surface area contributed by atoms with Gasteiger partial charge in [-0.15, -0.1) is 0 Å². The number of hydrogen-bond donors (Lipinski definition) is 1. The number of pyridine rings is 2. The highest BCUT2D eigenvalue weighted by molar-refractivity contribution is 6.00. The third-order valence-electron chi connectivity index (χ3n) is 10.5. The van der Waals surface area contributed by atoms with E-state index in [0.717, 1.165) is 75.1 Å². The van der Waals surface area contributed by atoms with Crippen molar-refractivity contribution in [3.63, 3.8) is 0 Å². The average molecular weight is 623 g/mol. The number of nitriles is 1. The number of rotatable bonds is 6. The molecule has 3 fully saturated rings. The predicted molar refractivity (Wildman–Crippen MR) is 180 cm³/mol. The van der Waals surface area contributed by atoms with E-state index in [0.29, 0.717) is 35.4 Å². The van der Waals surface area contributed by atoms with E-state index in [1.807, 2.05) is 42.3 Å². The van der Waals surface area contributed by atoms with E-state index in [1.165, 1.54) is 12.8 Å². The van der Waals surface area contributed by atoms with Crippen LogP contribution in [0.1, 0.15) is 41.7 Å². The summed E-state index contributed by atoms with van der Waals surface area (Å²) >= 11 is 0. The summed E-state index contributed by atoms with van der Waals surface area (Å²) in [7, 11) is 3.65. The zero-order valence-electron chi connectivity index (χ0n) is 26.3. The third kappa shape index (κ3) is 4.41. The van der Waals surface area contributed by atoms with Gasteiger partial charge in [0, 0.05) is 54.1 Å². The van der Waals surface area contributed by atoms with Gasteiger partial charge in [0.25, 0.3) is 5.91 Å². The van der Waals surface area contributed by atoms with Gasteiger partial charge in [0.2, 0.25) is 0 Å². The first-order valence-corrected chi connectivity index (χ1v) is 16.3. The maximum absolute atomic E-state index is 13.8. The largest absolute Gasteiger partial charge is 0.494 e. The van der Waals surface area contributed by atoms with Gasteiger partial charge < -0.3 is 24.5 Å². The zero-order valence-corrected chi connectivity index (χ0v) is 26.3. The van der Waals surface area contributed by atoms with Gasteiger partial charge in [0.15, 0.2) is 5.82 Å². The Morgan fingerprint density at radius 1 is 0.979 bits per heavy atom. The van der Waals surface area contributed by atoms with Crippen LogP contribution >= 0.6 is 0 Å². The summed E-state index contributed by atoms with van der Waals surface area (Å²) < 4.78 is 10.2. The number of nitrogens with two attached hydrogens (primary N) is 1. The van der Waals surface area contributed by atoms with Gasteiger partial charge in [-0.3, -0.25) is 4.79 Å². The van der Waals surface area contributed by atoms with Gasteiger partial charge in [-0.1, -0.05) is 6.07 Å². The molecule has 2 aliphatic carbocycles. The van der Waals surface area contributed by atoms with Crippen LogP contribution in [0.2, 0.25) is 0 Å². The molecule has 3 aliphatic rings. The molecule has 4 aromatic heterocycles. The van der Waals surface area contributed by atoms with Crippen molar-refractivity contribution in [1.82, 2.24) is 29.0 Å². The van der Waals surface area contributed by atoms with Gasteiger partial charge >= 0.3 is 0 Å². The van der Waals surface area contributed by atoms with E-state index in [4.69, 9.17) is 20.4 Å². The summed E-state index contributed by atoms with van der Waals surface area (Å²) in [5.41, 5.74) is 13.5. The third-order valence-corrected chi connectivity index (χ3v) is 10.5. The molecule has 2 bridgehead atoms. The molecule has 1 aliphatic heterocycles. The minimum atomic E-state index is -0.00500. The number of fused-ring (bicyclic) bond motifs is 5. The monoisotopic (exact) mass is 622 g/mol. The number of imidazole rings is 1. The molecule has 1 saturated heterocycles. The molecule has 2 saturated carbocycles. The number of piperidine rings is 1. The Bertz CT molecular complexity index is 2310. The van der Waals surface area contributed by atoms with Crippen LogP contribution in [0.15, 0.2) is 60.7 Å². The van der Waals surface area contributed by atoms with Gasteiger partial charge in [0.05, 0.1) is 29.5 Å². The maximum Gasteiger partial charge on any atom is 0.254 e. The number of ether oxygens (including phenoxy) is 1. The molecule has 0 spiro atoms. The minimum absolute atomic E-state index is 0.00500. The minimum Gasteiger partial charge on any atom is -0.494 e. The first-order valence-electron chi connectivity index (χ1n) is 16.3. The second-order valence-electron chi connectivity index (χ2n) is 13.4. The maximum atomic E-state index is 13.8. The van der Waals surface area contributed by atoms with Crippen LogP contribution in [0.5, 0.6) is 5.75 Å². The molecular formula is C37H34N8O2. The van der Waals surface area contributed by atoms with Crippen LogP contribution in [0.25, 0.3) is 55.7 Å². The number of amides is 1. The molecule has 2 N–H and O–H groups in total. The first-order chi connectivity index (χ1) is 22.9. The van der Waals surface area contributed by atoms with Crippen molar-refractivity contribution in [3.8, 4) is 34.6 Å². The summed E-state index contributed by atoms with van der Waals surface area (Å²) in [5, 5.41) is 11.2. The summed E-state index contributed by atoms with van der Waals surface area (Å²) in [4.78, 5) is 30.5. The lowest BCUT2D eigenvalue weighted by atomic mass is 10.1. The Morgan fingerprint density at radius 2 is 1.83 bits per heavy atom. The fourth-order valence-electron chi connectivity index (χ4n) is 7.83. The Labute approximate surface area is 271 Å². The molecule has 0 radical (unpaired) electrons. The number of aryl methyl sites for hydroxylation is 1. The normalized spacial score (nSPS) is 20.5. The molecule has 5 heterocycles. The molecule has 47 heavy (non-hydrogen) atoms. The highest BCUT2D eigenvalue weighted by Gasteiger charge is 2.47. The molecule has 3 atom stereocenters. The summed E-state index contributed by atoms with van der Waals surface area (Å²) in [6.07, 6.45) is 4.46. The quantitative estimate of drug-likeness (QED) is 0.254. The second kappa shape index (κ2) is 10.4. The van der Waals surface area contributed by atoms with Crippen LogP contribution in [0.3, 0.4) is 0 Å². The van der Waals surface area contributed by atoms with Crippen LogP contribution in [-0.4, -0.2) is 60.6 Å². The Hall–Kier alpha value is -5.27. The molecular weight excluding hydrogens is 588 g/mol. The van der Waals surface area contributed by atoms with Crippen molar-refractivity contribution >= 4 is 38.9 Å². The topological polar surface area (TPSA) is 128 Å². The Morgan fingerprint density at radius 3 is 2.57 bits per heavy atom. The fourth-order valence-corrected chi connectivity index (χ4v) is 7.83. The van der Waals surface area contributed by atoms with Crippen LogP contribution in [-0.2, 0) is 13.6 Å². The van der Waals surface area contributed by atoms with Crippen molar-refractivity contribution in [3.05, 3.63) is 71.9 Å². The van der Waals surface area contributed by atoms with Crippen molar-refractivity contribution in [1.29, 1.82) is 5.26 Å². The van der Waals surface area contributed by atoms with E-state index in [1.54, 1.807) is 13.2 Å². The van der Waals surface area contributed by atoms with E-state index >= 15 is 0 Å². The Kier molecular flexibility index (Phi) is 6.18. The number of likely N-dealkylation sites (tertiary alicyclic amines) is 1. The lowest BCUT2D eigenvalue weighted by Gasteiger charge is -2.27. The number of nitrogens with zero attached hydrogens (tertiary/aromatic N) is 7. The number of carbonyl (C=O) groups excluding carboxylic acids is 1. The van der Waals surface area contributed by atoms with Crippen molar-refractivity contribution in [2.45, 2.75) is 44.3 Å². The number of hydrogen-bond acceptors (Lipinski definition) is 7. The number of carbonyl (C=O) groups is 1. The zero-order chi connectivity index (χ0) is 32.0. The summed E-state index contributed by atoms with van der Waals surface area (Å²) in [5.74, 6) is 2.41. The lowest BCUT2D eigenvalue weighted by molar-refractivity contribution is 0.0700. The lowest BCUT2D eigenvalue weighted by Crippen LogP contribution is -2.41. The molecule has 9 rings (SSSR count). The predicted octanol–water partition coefficient (Wildman–Crippen LogP) is 5.66. The fraction of sp³-hybridized carbons (Fsp3) is 0.324. The van der Waals surface area contributed by atoms with E-state index < -0.39 is 0 Å². The van der Waals surface area contributed by atoms with Gasteiger partial charge in [-0.2, -0.15) is 5.26 Å². The highest BCUT2D eigenvalue weighted by Crippen LogP contribution is 2.40. The molecule has 1 amide bonds. The molecule has 10 heteroatoms. The molecule has 234 valence electrons. The molecule has 6 aromatic rings. The van der Waals surface area contributed by atoms with Crippen molar-refractivity contribution in [2.24, 2.45) is 24.6 Å². The van der Waals surface area contributed by atoms with Crippen molar-refractivity contribution in [2.75, 3.05) is 13.7 Å². The smallest absolute Gasteiger partial charge is 0.254 e. The van der Waals surface area contributed by atoms with Gasteiger partial charge in [-0.05, 0) is 92.1 Å². The molecule has 10 nitrogen and oxygen atoms in total. The van der Waals surface area contributed by atoms with Crippen molar-refractivity contribution < 1.29 is 9.53 Å². The average Bonchev–Trinajstić information content (AvgIpc) is 3.50. The summed E-state index contributed by atoms with van der Waals surface area (Å²) in [6.45, 7) is 1.57. The SMILES string of the molecule is COc1cc(C(=O)N2CC3CCC2[C@@H]3N)cc2nc(-c3cc4ccc(-c5ccc6nc(C#N)ccc6c5)nc4n3CC3CC3)n(C)c12. The van der Waals surface area contributed by atoms with Gasteiger partial charge in [-0.25, -0.2) is 15.0 Å². The van der Waals surface area contributed by atoms with Crippen LogP contribution < -0.4 is 10.5 Å². The standard InChI is InChI=1S/C37H34N8O2/c1-43-34-29(14-25(16-32(34)47-2)37(46)45-19-24-8-12-30(45)33(24)39)42-36(43)31-15-23-7-11-28(41-35(23)44(31)18-20-3-4-20)22-6-10-27-21(13-22)5-9-26(17-38)40-27/h5-7,9-11,13-16,20,24,30,33H,3-4,8,12,18-19,39H2,1-2H3/t24?,30?,33-/m1/s1. The number of methoxy groups -OCH3 is 1. The summed E-state index contributed by atoms with van der Waals surface area (Å²) in [6, 6.07) is 22.1. The van der Waals surface area contributed by atoms with E-state index in [9.17, 15) is 10.1 Å². The molecule has 2 unspecified atom stereocenters. The highest BCUT2D eigenvalue weighted by atomic mass is 16.5. The van der Waals surface area contributed by atoms with Crippen LogP contribution in [0.4, 0.5) is 0 Å².